The first-order valence-electron chi connectivity index (χ1n) is 9.78. The quantitative estimate of drug-likeness (QED) is 0.553. The van der Waals surface area contributed by atoms with E-state index in [2.05, 4.69) is 20.6 Å². The third-order valence-electron chi connectivity index (χ3n) is 5.02. The topological polar surface area (TPSA) is 90.1 Å². The highest BCUT2D eigenvalue weighted by molar-refractivity contribution is 5.92. The lowest BCUT2D eigenvalue weighted by Gasteiger charge is -2.39. The van der Waals surface area contributed by atoms with Gasteiger partial charge in [-0.15, -0.1) is 0 Å². The van der Waals surface area contributed by atoms with Crippen molar-refractivity contribution in [2.75, 3.05) is 30.8 Å². The van der Waals surface area contributed by atoms with E-state index in [-0.39, 0.29) is 17.5 Å². The number of hydrogen-bond donors (Lipinski definition) is 3. The van der Waals surface area contributed by atoms with Crippen LogP contribution in [0.4, 0.5) is 11.5 Å². The lowest BCUT2D eigenvalue weighted by molar-refractivity contribution is -0.129. The molecule has 1 saturated heterocycles. The van der Waals surface area contributed by atoms with E-state index in [4.69, 9.17) is 0 Å². The Hall–Kier alpha value is -3.87. The number of benzene rings is 1. The Balaban J connectivity index is 1.38. The molecule has 7 nitrogen and oxygen atoms in total. The van der Waals surface area contributed by atoms with Crippen molar-refractivity contribution in [1.82, 2.24) is 14.9 Å². The molecule has 3 aromatic rings. The van der Waals surface area contributed by atoms with E-state index in [9.17, 15) is 9.59 Å². The summed E-state index contributed by atoms with van der Waals surface area (Å²) >= 11 is 0. The van der Waals surface area contributed by atoms with E-state index in [1.165, 1.54) is 0 Å². The second-order valence-corrected chi connectivity index (χ2v) is 7.14. The predicted octanol–water partition coefficient (Wildman–Crippen LogP) is 2.81. The predicted molar refractivity (Wildman–Crippen MR) is 119 cm³/mol. The number of carbonyl (C=O) groups is 1. The lowest BCUT2D eigenvalue weighted by Crippen LogP contribution is -2.57. The van der Waals surface area contributed by atoms with Crippen LogP contribution in [0.1, 0.15) is 5.56 Å². The highest BCUT2D eigenvalue weighted by Crippen LogP contribution is 2.22. The molecule has 0 aliphatic carbocycles. The van der Waals surface area contributed by atoms with Gasteiger partial charge in [0, 0.05) is 44.2 Å². The maximum absolute atomic E-state index is 12.3. The number of hydrogen-bond acceptors (Lipinski definition) is 5. The van der Waals surface area contributed by atoms with E-state index < -0.39 is 0 Å². The molecule has 0 bridgehead atoms. The first-order chi connectivity index (χ1) is 14.6. The minimum Gasteiger partial charge on any atom is -0.374 e. The lowest BCUT2D eigenvalue weighted by atomic mass is 10.1. The number of anilines is 2. The molecule has 2 aromatic heterocycles. The van der Waals surface area contributed by atoms with Crippen molar-refractivity contribution in [2.45, 2.75) is 6.04 Å². The maximum Gasteiger partial charge on any atom is 0.271 e. The van der Waals surface area contributed by atoms with Crippen LogP contribution in [-0.4, -0.2) is 47.0 Å². The SMILES string of the molecule is CNc1cc(-c2c[nH]c(=O)c(NC3CN(C(=O)/C=C/c4ccccc4)C3)c2)ccn1. The Morgan fingerprint density at radius 1 is 1.17 bits per heavy atom. The first-order valence-corrected chi connectivity index (χ1v) is 9.78. The number of nitrogens with zero attached hydrogens (tertiary/aromatic N) is 2. The molecule has 0 saturated carbocycles. The second-order valence-electron chi connectivity index (χ2n) is 7.14. The molecule has 152 valence electrons. The smallest absolute Gasteiger partial charge is 0.271 e. The van der Waals surface area contributed by atoms with Crippen LogP contribution in [0, 0.1) is 0 Å². The van der Waals surface area contributed by atoms with Crippen LogP contribution in [0.5, 0.6) is 0 Å². The van der Waals surface area contributed by atoms with Crippen LogP contribution in [0.15, 0.2) is 71.8 Å². The van der Waals surface area contributed by atoms with E-state index in [1.807, 2.05) is 61.7 Å². The fourth-order valence-electron chi connectivity index (χ4n) is 3.31. The fraction of sp³-hybridized carbons (Fsp3) is 0.174. The first kappa shape index (κ1) is 19.4. The van der Waals surface area contributed by atoms with Crippen LogP contribution in [0.3, 0.4) is 0 Å². The molecule has 0 spiro atoms. The zero-order valence-electron chi connectivity index (χ0n) is 16.6. The van der Waals surface area contributed by atoms with E-state index in [1.54, 1.807) is 23.4 Å². The van der Waals surface area contributed by atoms with Gasteiger partial charge in [-0.1, -0.05) is 30.3 Å². The number of aromatic amines is 1. The van der Waals surface area contributed by atoms with Gasteiger partial charge in [0.2, 0.25) is 5.91 Å². The number of likely N-dealkylation sites (tertiary alicyclic amines) is 1. The van der Waals surface area contributed by atoms with Gasteiger partial charge in [-0.3, -0.25) is 9.59 Å². The number of H-pyrrole nitrogens is 1. The molecule has 1 aromatic carbocycles. The van der Waals surface area contributed by atoms with Crippen LogP contribution in [0.25, 0.3) is 17.2 Å². The van der Waals surface area contributed by atoms with Crippen molar-refractivity contribution in [3.63, 3.8) is 0 Å². The monoisotopic (exact) mass is 401 g/mol. The van der Waals surface area contributed by atoms with Crippen LogP contribution in [0.2, 0.25) is 0 Å². The Kier molecular flexibility index (Phi) is 5.61. The van der Waals surface area contributed by atoms with Gasteiger partial charge in [-0.2, -0.15) is 0 Å². The zero-order chi connectivity index (χ0) is 20.9. The number of amides is 1. The third kappa shape index (κ3) is 4.41. The van der Waals surface area contributed by atoms with Gasteiger partial charge in [0.25, 0.3) is 5.56 Å². The summed E-state index contributed by atoms with van der Waals surface area (Å²) in [5, 5.41) is 6.26. The van der Waals surface area contributed by atoms with Crippen molar-refractivity contribution in [1.29, 1.82) is 0 Å². The summed E-state index contributed by atoms with van der Waals surface area (Å²) in [6.07, 6.45) is 6.80. The second kappa shape index (κ2) is 8.65. The van der Waals surface area contributed by atoms with Gasteiger partial charge in [0.15, 0.2) is 0 Å². The zero-order valence-corrected chi connectivity index (χ0v) is 16.6. The molecule has 1 amide bonds. The standard InChI is InChI=1S/C23H23N5O2/c1-24-21-12-17(9-10-25-21)18-11-20(23(30)26-13-18)27-19-14-28(15-19)22(29)8-7-16-5-3-2-4-6-16/h2-13,19,27H,14-15H2,1H3,(H,24,25)(H,26,30)/b8-7+. The van der Waals surface area contributed by atoms with Crippen molar-refractivity contribution in [3.05, 3.63) is 82.9 Å². The van der Waals surface area contributed by atoms with Gasteiger partial charge in [-0.05, 0) is 35.4 Å². The molecule has 7 heteroatoms. The molecule has 0 unspecified atom stereocenters. The average molecular weight is 401 g/mol. The van der Waals surface area contributed by atoms with Gasteiger partial charge < -0.3 is 20.5 Å². The molecule has 1 aliphatic heterocycles. The van der Waals surface area contributed by atoms with Crippen LogP contribution < -0.4 is 16.2 Å². The number of carbonyl (C=O) groups excluding carboxylic acids is 1. The summed E-state index contributed by atoms with van der Waals surface area (Å²) in [6.45, 7) is 1.11. The van der Waals surface area contributed by atoms with Crippen molar-refractivity contribution in [2.24, 2.45) is 0 Å². The molecule has 1 aliphatic rings. The Labute approximate surface area is 174 Å². The molecule has 30 heavy (non-hydrogen) atoms. The Morgan fingerprint density at radius 2 is 1.97 bits per heavy atom. The highest BCUT2D eigenvalue weighted by Gasteiger charge is 2.29. The Morgan fingerprint density at radius 3 is 2.73 bits per heavy atom. The molecular weight excluding hydrogens is 378 g/mol. The maximum atomic E-state index is 12.3. The molecule has 0 atom stereocenters. The molecule has 4 rings (SSSR count). The average Bonchev–Trinajstić information content (AvgIpc) is 2.76. The van der Waals surface area contributed by atoms with Gasteiger partial charge in [0.05, 0.1) is 6.04 Å². The van der Waals surface area contributed by atoms with Crippen molar-refractivity contribution in [3.8, 4) is 11.1 Å². The van der Waals surface area contributed by atoms with E-state index in [0.29, 0.717) is 18.8 Å². The normalized spacial score (nSPS) is 13.8. The minimum absolute atomic E-state index is 0.0315. The summed E-state index contributed by atoms with van der Waals surface area (Å²) in [5.74, 6) is 0.723. The molecule has 1 fully saturated rings. The van der Waals surface area contributed by atoms with Crippen LogP contribution >= 0.6 is 0 Å². The number of pyridine rings is 2. The summed E-state index contributed by atoms with van der Waals surface area (Å²) in [7, 11) is 1.81. The minimum atomic E-state index is -0.185. The Bertz CT molecular complexity index is 1120. The third-order valence-corrected chi connectivity index (χ3v) is 5.02. The van der Waals surface area contributed by atoms with Gasteiger partial charge in [0.1, 0.15) is 11.5 Å². The van der Waals surface area contributed by atoms with Gasteiger partial charge in [-0.25, -0.2) is 4.98 Å². The highest BCUT2D eigenvalue weighted by atomic mass is 16.2. The largest absolute Gasteiger partial charge is 0.374 e. The van der Waals surface area contributed by atoms with E-state index in [0.717, 1.165) is 22.5 Å². The summed E-state index contributed by atoms with van der Waals surface area (Å²) in [6, 6.07) is 15.4. The van der Waals surface area contributed by atoms with Crippen molar-refractivity contribution >= 4 is 23.5 Å². The molecular formula is C23H23N5O2. The molecule has 0 radical (unpaired) electrons. The number of aromatic nitrogens is 2. The van der Waals surface area contributed by atoms with Gasteiger partial charge >= 0.3 is 0 Å². The van der Waals surface area contributed by atoms with Crippen molar-refractivity contribution < 1.29 is 4.79 Å². The summed E-state index contributed by atoms with van der Waals surface area (Å²) in [4.78, 5) is 33.3. The van der Waals surface area contributed by atoms with E-state index >= 15 is 0 Å². The van der Waals surface area contributed by atoms with Crippen LogP contribution in [-0.2, 0) is 4.79 Å². The molecule has 3 N–H and O–H groups in total. The number of nitrogens with one attached hydrogen (secondary N) is 3. The number of rotatable bonds is 6. The molecule has 3 heterocycles. The summed E-state index contributed by atoms with van der Waals surface area (Å²) < 4.78 is 0. The summed E-state index contributed by atoms with van der Waals surface area (Å²) in [5.41, 5.74) is 3.13. The fourth-order valence-corrected chi connectivity index (χ4v) is 3.31.